The van der Waals surface area contributed by atoms with Gasteiger partial charge in [-0.3, -0.25) is 0 Å². The summed E-state index contributed by atoms with van der Waals surface area (Å²) in [5.74, 6) is 0.412. The summed E-state index contributed by atoms with van der Waals surface area (Å²) in [6.07, 6.45) is 2.49. The molecule has 1 N–H and O–H groups in total. The number of rotatable bonds is 2. The van der Waals surface area contributed by atoms with E-state index in [2.05, 4.69) is 21.2 Å². The summed E-state index contributed by atoms with van der Waals surface area (Å²) in [7, 11) is 0. The molecule has 0 amide bonds. The highest BCUT2D eigenvalue weighted by molar-refractivity contribution is 9.10. The van der Waals surface area contributed by atoms with E-state index in [1.807, 2.05) is 6.07 Å². The monoisotopic (exact) mass is 271 g/mol. The van der Waals surface area contributed by atoms with Crippen molar-refractivity contribution in [3.8, 4) is 5.75 Å². The van der Waals surface area contributed by atoms with Crippen molar-refractivity contribution in [1.82, 2.24) is 5.32 Å². The van der Waals surface area contributed by atoms with Gasteiger partial charge in [0.2, 0.25) is 0 Å². The van der Waals surface area contributed by atoms with E-state index in [4.69, 9.17) is 4.74 Å². The molecule has 1 unspecified atom stereocenters. The minimum atomic E-state index is -0.263. The number of nitrogens with one attached hydrogen (secondary N) is 1. The zero-order chi connectivity index (χ0) is 10.4. The molecule has 1 heterocycles. The van der Waals surface area contributed by atoms with E-state index < -0.39 is 0 Å². The van der Waals surface area contributed by atoms with E-state index in [-0.39, 0.29) is 11.9 Å². The van der Waals surface area contributed by atoms with Crippen LogP contribution < -0.4 is 10.1 Å². The van der Waals surface area contributed by atoms with Crippen molar-refractivity contribution >= 4 is 15.9 Å². The van der Waals surface area contributed by atoms with Gasteiger partial charge in [-0.2, -0.15) is 0 Å². The second kappa shape index (κ2) is 3.46. The van der Waals surface area contributed by atoms with E-state index in [0.29, 0.717) is 22.9 Å². The SMILES string of the molecule is Fc1cc2c(cc1Br)C(NC1CC1)CO2. The van der Waals surface area contributed by atoms with Gasteiger partial charge >= 0.3 is 0 Å². The third kappa shape index (κ3) is 1.76. The molecule has 15 heavy (non-hydrogen) atoms. The molecule has 80 valence electrons. The Balaban J connectivity index is 1.90. The van der Waals surface area contributed by atoms with Crippen LogP contribution in [0.2, 0.25) is 0 Å². The molecule has 0 spiro atoms. The van der Waals surface area contributed by atoms with Crippen molar-refractivity contribution in [3.05, 3.63) is 28.0 Å². The fourth-order valence-corrected chi connectivity index (χ4v) is 2.24. The van der Waals surface area contributed by atoms with Crippen LogP contribution in [0.5, 0.6) is 5.75 Å². The Labute approximate surface area is 95.9 Å². The number of fused-ring (bicyclic) bond motifs is 1. The molecule has 1 aliphatic heterocycles. The lowest BCUT2D eigenvalue weighted by Crippen LogP contribution is -2.24. The van der Waals surface area contributed by atoms with E-state index in [0.717, 1.165) is 5.56 Å². The van der Waals surface area contributed by atoms with Crippen LogP contribution in [-0.4, -0.2) is 12.6 Å². The van der Waals surface area contributed by atoms with E-state index in [1.54, 1.807) is 0 Å². The number of hydrogen-bond acceptors (Lipinski definition) is 2. The second-order valence-corrected chi connectivity index (χ2v) is 4.96. The van der Waals surface area contributed by atoms with Crippen LogP contribution in [0.25, 0.3) is 0 Å². The number of benzene rings is 1. The van der Waals surface area contributed by atoms with Gasteiger partial charge in [-0.25, -0.2) is 4.39 Å². The Hall–Kier alpha value is -0.610. The van der Waals surface area contributed by atoms with Gasteiger partial charge in [0.1, 0.15) is 18.2 Å². The average Bonchev–Trinajstić information content (AvgIpc) is 2.94. The molecule has 1 fully saturated rings. The Morgan fingerprint density at radius 2 is 2.20 bits per heavy atom. The molecule has 1 saturated carbocycles. The van der Waals surface area contributed by atoms with Crippen LogP contribution in [-0.2, 0) is 0 Å². The molecule has 0 saturated heterocycles. The highest BCUT2D eigenvalue weighted by Crippen LogP contribution is 2.37. The maximum atomic E-state index is 13.2. The van der Waals surface area contributed by atoms with Crippen LogP contribution in [0.4, 0.5) is 4.39 Å². The topological polar surface area (TPSA) is 21.3 Å². The standard InChI is InChI=1S/C11H11BrFNO/c12-8-3-7-10(14-6-1-2-6)5-15-11(7)4-9(8)13/h3-4,6,10,14H,1-2,5H2. The summed E-state index contributed by atoms with van der Waals surface area (Å²) in [5, 5.41) is 3.49. The fraction of sp³-hybridized carbons (Fsp3) is 0.455. The summed E-state index contributed by atoms with van der Waals surface area (Å²) in [5.41, 5.74) is 1.06. The maximum Gasteiger partial charge on any atom is 0.141 e. The molecule has 1 aliphatic carbocycles. The first-order chi connectivity index (χ1) is 7.24. The molecule has 0 radical (unpaired) electrons. The van der Waals surface area contributed by atoms with Crippen molar-refractivity contribution < 1.29 is 9.13 Å². The van der Waals surface area contributed by atoms with Gasteiger partial charge < -0.3 is 10.1 Å². The van der Waals surface area contributed by atoms with Gasteiger partial charge in [0.15, 0.2) is 0 Å². The second-order valence-electron chi connectivity index (χ2n) is 4.11. The highest BCUT2D eigenvalue weighted by Gasteiger charge is 2.31. The van der Waals surface area contributed by atoms with Gasteiger partial charge in [0.05, 0.1) is 10.5 Å². The van der Waals surface area contributed by atoms with E-state index in [1.165, 1.54) is 18.9 Å². The van der Waals surface area contributed by atoms with Gasteiger partial charge in [-0.1, -0.05) is 0 Å². The molecular formula is C11H11BrFNO. The molecule has 2 aliphatic rings. The first-order valence-corrected chi connectivity index (χ1v) is 5.91. The number of ether oxygens (including phenoxy) is 1. The van der Waals surface area contributed by atoms with Crippen molar-refractivity contribution in [1.29, 1.82) is 0 Å². The van der Waals surface area contributed by atoms with Gasteiger partial charge in [0.25, 0.3) is 0 Å². The molecule has 2 nitrogen and oxygen atoms in total. The predicted octanol–water partition coefficient (Wildman–Crippen LogP) is 2.77. The van der Waals surface area contributed by atoms with Crippen LogP contribution >= 0.6 is 15.9 Å². The summed E-state index contributed by atoms with van der Waals surface area (Å²) in [6.45, 7) is 0.613. The van der Waals surface area contributed by atoms with E-state index >= 15 is 0 Å². The molecular weight excluding hydrogens is 261 g/mol. The summed E-state index contributed by atoms with van der Waals surface area (Å²) >= 11 is 3.20. The summed E-state index contributed by atoms with van der Waals surface area (Å²) in [6, 6.07) is 4.13. The molecule has 4 heteroatoms. The Bertz CT molecular complexity index is 406. The minimum absolute atomic E-state index is 0.226. The molecule has 0 aromatic heterocycles. The van der Waals surface area contributed by atoms with Crippen LogP contribution in [0, 0.1) is 5.82 Å². The highest BCUT2D eigenvalue weighted by atomic mass is 79.9. The first-order valence-electron chi connectivity index (χ1n) is 5.12. The lowest BCUT2D eigenvalue weighted by molar-refractivity contribution is 0.309. The van der Waals surface area contributed by atoms with Crippen LogP contribution in [0.15, 0.2) is 16.6 Å². The number of hydrogen-bond donors (Lipinski definition) is 1. The normalized spacial score (nSPS) is 23.7. The third-order valence-corrected chi connectivity index (χ3v) is 3.46. The largest absolute Gasteiger partial charge is 0.491 e. The van der Waals surface area contributed by atoms with Gasteiger partial charge in [-0.05, 0) is 34.8 Å². The zero-order valence-corrected chi connectivity index (χ0v) is 9.68. The Morgan fingerprint density at radius 3 is 2.93 bits per heavy atom. The first kappa shape index (κ1) is 9.60. The minimum Gasteiger partial charge on any atom is -0.491 e. The van der Waals surface area contributed by atoms with Crippen molar-refractivity contribution in [2.45, 2.75) is 24.9 Å². The fourth-order valence-electron chi connectivity index (χ4n) is 1.88. The molecule has 1 atom stereocenters. The van der Waals surface area contributed by atoms with Crippen LogP contribution in [0.3, 0.4) is 0 Å². The molecule has 1 aromatic rings. The smallest absolute Gasteiger partial charge is 0.141 e. The molecule has 3 rings (SSSR count). The number of halogens is 2. The van der Waals surface area contributed by atoms with E-state index in [9.17, 15) is 4.39 Å². The van der Waals surface area contributed by atoms with Gasteiger partial charge in [-0.15, -0.1) is 0 Å². The maximum absolute atomic E-state index is 13.2. The lowest BCUT2D eigenvalue weighted by atomic mass is 10.1. The third-order valence-electron chi connectivity index (χ3n) is 2.85. The quantitative estimate of drug-likeness (QED) is 0.893. The summed E-state index contributed by atoms with van der Waals surface area (Å²) < 4.78 is 19.2. The van der Waals surface area contributed by atoms with Crippen molar-refractivity contribution in [3.63, 3.8) is 0 Å². The van der Waals surface area contributed by atoms with Crippen LogP contribution in [0.1, 0.15) is 24.4 Å². The lowest BCUT2D eigenvalue weighted by Gasteiger charge is -2.10. The average molecular weight is 272 g/mol. The van der Waals surface area contributed by atoms with Crippen molar-refractivity contribution in [2.24, 2.45) is 0 Å². The summed E-state index contributed by atoms with van der Waals surface area (Å²) in [4.78, 5) is 0. The molecule has 0 bridgehead atoms. The Morgan fingerprint density at radius 1 is 1.40 bits per heavy atom. The Kier molecular flexibility index (Phi) is 2.21. The van der Waals surface area contributed by atoms with Gasteiger partial charge in [0, 0.05) is 17.7 Å². The predicted molar refractivity (Wildman–Crippen MR) is 58.5 cm³/mol. The van der Waals surface area contributed by atoms with Crippen molar-refractivity contribution in [2.75, 3.05) is 6.61 Å². The zero-order valence-electron chi connectivity index (χ0n) is 8.09. The molecule has 1 aromatic carbocycles.